The molecule has 2 aromatic rings. The van der Waals surface area contributed by atoms with E-state index in [1.165, 1.54) is 17.7 Å². The molecule has 3 rings (SSSR count). The number of halogens is 1. The van der Waals surface area contributed by atoms with Crippen LogP contribution in [0.1, 0.15) is 30.5 Å². The van der Waals surface area contributed by atoms with Crippen molar-refractivity contribution in [1.82, 2.24) is 15.5 Å². The molecule has 2 aromatic carbocycles. The third-order valence-corrected chi connectivity index (χ3v) is 5.11. The number of carbonyl (C=O) groups is 2. The molecule has 1 heterocycles. The molecule has 2 amide bonds. The van der Waals surface area contributed by atoms with Crippen molar-refractivity contribution in [2.24, 2.45) is 0 Å². The van der Waals surface area contributed by atoms with Gasteiger partial charge in [-0.2, -0.15) is 0 Å². The quantitative estimate of drug-likeness (QED) is 0.679. The lowest BCUT2D eigenvalue weighted by Crippen LogP contribution is -2.44. The highest BCUT2D eigenvalue weighted by Gasteiger charge is 2.21. The van der Waals surface area contributed by atoms with Gasteiger partial charge in [0.1, 0.15) is 5.82 Å². The number of morpholine rings is 1. The summed E-state index contributed by atoms with van der Waals surface area (Å²) in [4.78, 5) is 26.3. The number of carbonyl (C=O) groups excluding carboxylic acids is 2. The highest BCUT2D eigenvalue weighted by Crippen LogP contribution is 2.14. The molecule has 166 valence electrons. The normalized spacial score (nSPS) is 19.1. The van der Waals surface area contributed by atoms with Crippen molar-refractivity contribution in [3.8, 4) is 0 Å². The van der Waals surface area contributed by atoms with Gasteiger partial charge in [0, 0.05) is 26.2 Å². The van der Waals surface area contributed by atoms with Gasteiger partial charge in [-0.1, -0.05) is 36.4 Å². The molecule has 1 fully saturated rings. The van der Waals surface area contributed by atoms with Crippen LogP contribution in [0.3, 0.4) is 0 Å². The Bertz CT molecular complexity index is 878. The smallest absolute Gasteiger partial charge is 0.239 e. The van der Waals surface area contributed by atoms with E-state index in [1.807, 2.05) is 12.1 Å². The fraction of sp³-hybridized carbons (Fsp3) is 0.417. The third-order valence-electron chi connectivity index (χ3n) is 5.11. The fourth-order valence-electron chi connectivity index (χ4n) is 3.77. The summed E-state index contributed by atoms with van der Waals surface area (Å²) in [6.45, 7) is 7.20. The standard InChI is InChI=1S/C24H30FN3O3/c1-17-14-28(15-18(2)31-17)16-20-8-6-19(7-9-20)12-26-24(30)13-27-23(29)11-21-4-3-5-22(25)10-21/h3-10,17-18H,11-16H2,1-2H3,(H,26,30)(H,27,29). The average molecular weight is 428 g/mol. The first kappa shape index (κ1) is 22.9. The Morgan fingerprint density at radius 1 is 0.968 bits per heavy atom. The highest BCUT2D eigenvalue weighted by atomic mass is 19.1. The second-order valence-corrected chi connectivity index (χ2v) is 8.13. The molecule has 2 unspecified atom stereocenters. The van der Waals surface area contributed by atoms with Gasteiger partial charge in [-0.25, -0.2) is 4.39 Å². The number of nitrogens with zero attached hydrogens (tertiary/aromatic N) is 1. The molecule has 0 aromatic heterocycles. The number of hydrogen-bond donors (Lipinski definition) is 2. The van der Waals surface area contributed by atoms with E-state index in [4.69, 9.17) is 4.74 Å². The second kappa shape index (κ2) is 11.0. The van der Waals surface area contributed by atoms with Crippen LogP contribution >= 0.6 is 0 Å². The van der Waals surface area contributed by atoms with Gasteiger partial charge in [-0.15, -0.1) is 0 Å². The van der Waals surface area contributed by atoms with Gasteiger partial charge in [0.25, 0.3) is 0 Å². The number of hydrogen-bond acceptors (Lipinski definition) is 4. The molecule has 2 atom stereocenters. The first-order valence-electron chi connectivity index (χ1n) is 10.6. The highest BCUT2D eigenvalue weighted by molar-refractivity contribution is 5.85. The number of benzene rings is 2. The Morgan fingerprint density at radius 2 is 1.65 bits per heavy atom. The molecule has 2 N–H and O–H groups in total. The zero-order valence-corrected chi connectivity index (χ0v) is 18.1. The lowest BCUT2D eigenvalue weighted by molar-refractivity contribution is -0.125. The molecule has 6 nitrogen and oxygen atoms in total. The van der Waals surface area contributed by atoms with Crippen LogP contribution in [0.25, 0.3) is 0 Å². The van der Waals surface area contributed by atoms with E-state index < -0.39 is 0 Å². The second-order valence-electron chi connectivity index (χ2n) is 8.13. The summed E-state index contributed by atoms with van der Waals surface area (Å²) in [6, 6.07) is 14.0. The Labute approximate surface area is 182 Å². The SMILES string of the molecule is CC1CN(Cc2ccc(CNC(=O)CNC(=O)Cc3cccc(F)c3)cc2)CC(C)O1. The molecule has 0 saturated carbocycles. The molecule has 0 radical (unpaired) electrons. The van der Waals surface area contributed by atoms with Crippen molar-refractivity contribution < 1.29 is 18.7 Å². The van der Waals surface area contributed by atoms with Crippen LogP contribution in [0.4, 0.5) is 4.39 Å². The van der Waals surface area contributed by atoms with Crippen LogP contribution < -0.4 is 10.6 Å². The molecule has 31 heavy (non-hydrogen) atoms. The average Bonchev–Trinajstić information content (AvgIpc) is 2.71. The van der Waals surface area contributed by atoms with Crippen LogP contribution in [0, 0.1) is 5.82 Å². The lowest BCUT2D eigenvalue weighted by Gasteiger charge is -2.35. The van der Waals surface area contributed by atoms with Gasteiger partial charge >= 0.3 is 0 Å². The van der Waals surface area contributed by atoms with Gasteiger partial charge in [0.05, 0.1) is 25.2 Å². The Kier molecular flexibility index (Phi) is 8.14. The molecule has 1 saturated heterocycles. The van der Waals surface area contributed by atoms with E-state index in [9.17, 15) is 14.0 Å². The summed E-state index contributed by atoms with van der Waals surface area (Å²) >= 11 is 0. The van der Waals surface area contributed by atoms with E-state index in [-0.39, 0.29) is 42.8 Å². The van der Waals surface area contributed by atoms with E-state index in [0.29, 0.717) is 12.1 Å². The van der Waals surface area contributed by atoms with Crippen molar-refractivity contribution in [2.45, 2.75) is 45.6 Å². The molecule has 0 aliphatic carbocycles. The summed E-state index contributed by atoms with van der Waals surface area (Å²) in [5.41, 5.74) is 2.78. The maximum atomic E-state index is 13.2. The van der Waals surface area contributed by atoms with Gasteiger partial charge in [-0.05, 0) is 42.7 Å². The Balaban J connectivity index is 1.37. The van der Waals surface area contributed by atoms with E-state index >= 15 is 0 Å². The largest absolute Gasteiger partial charge is 0.373 e. The third kappa shape index (κ3) is 7.77. The first-order chi connectivity index (χ1) is 14.9. The number of nitrogens with one attached hydrogen (secondary N) is 2. The summed E-state index contributed by atoms with van der Waals surface area (Å²) in [6.07, 6.45) is 0.521. The molecule has 7 heteroatoms. The maximum Gasteiger partial charge on any atom is 0.239 e. The summed E-state index contributed by atoms with van der Waals surface area (Å²) < 4.78 is 18.9. The minimum atomic E-state index is -0.386. The molecular formula is C24H30FN3O3. The van der Waals surface area contributed by atoms with Crippen molar-refractivity contribution in [3.05, 3.63) is 71.0 Å². The number of ether oxygens (including phenoxy) is 1. The Hall–Kier alpha value is -2.77. The summed E-state index contributed by atoms with van der Waals surface area (Å²) in [7, 11) is 0. The predicted octanol–water partition coefficient (Wildman–Crippen LogP) is 2.41. The van der Waals surface area contributed by atoms with Gasteiger partial charge < -0.3 is 15.4 Å². The van der Waals surface area contributed by atoms with Gasteiger partial charge in [0.15, 0.2) is 0 Å². The van der Waals surface area contributed by atoms with Crippen molar-refractivity contribution in [3.63, 3.8) is 0 Å². The van der Waals surface area contributed by atoms with E-state index in [1.54, 1.807) is 12.1 Å². The van der Waals surface area contributed by atoms with Gasteiger partial charge in [-0.3, -0.25) is 14.5 Å². The maximum absolute atomic E-state index is 13.2. The van der Waals surface area contributed by atoms with Crippen molar-refractivity contribution >= 4 is 11.8 Å². The molecule has 1 aliphatic heterocycles. The molecule has 0 bridgehead atoms. The number of amides is 2. The van der Waals surface area contributed by atoms with Gasteiger partial charge in [0.2, 0.25) is 11.8 Å². The van der Waals surface area contributed by atoms with Crippen molar-refractivity contribution in [2.75, 3.05) is 19.6 Å². The van der Waals surface area contributed by atoms with Crippen molar-refractivity contribution in [1.29, 1.82) is 0 Å². The Morgan fingerprint density at radius 3 is 2.32 bits per heavy atom. The molecule has 1 aliphatic rings. The molecular weight excluding hydrogens is 397 g/mol. The first-order valence-corrected chi connectivity index (χ1v) is 10.6. The minimum absolute atomic E-state index is 0.0349. The van der Waals surface area contributed by atoms with E-state index in [2.05, 4.69) is 41.5 Å². The zero-order chi connectivity index (χ0) is 22.2. The molecule has 0 spiro atoms. The van der Waals surface area contributed by atoms with E-state index in [0.717, 1.165) is 25.2 Å². The minimum Gasteiger partial charge on any atom is -0.373 e. The van der Waals surface area contributed by atoms with Crippen LogP contribution in [0.2, 0.25) is 0 Å². The predicted molar refractivity (Wildman–Crippen MR) is 117 cm³/mol. The van der Waals surface area contributed by atoms with Crippen LogP contribution in [-0.4, -0.2) is 48.6 Å². The van der Waals surface area contributed by atoms with Crippen LogP contribution in [0.15, 0.2) is 48.5 Å². The zero-order valence-electron chi connectivity index (χ0n) is 18.1. The van der Waals surface area contributed by atoms with Crippen LogP contribution in [0.5, 0.6) is 0 Å². The van der Waals surface area contributed by atoms with Crippen LogP contribution in [-0.2, 0) is 33.8 Å². The monoisotopic (exact) mass is 427 g/mol. The number of rotatable bonds is 8. The fourth-order valence-corrected chi connectivity index (χ4v) is 3.77. The lowest BCUT2D eigenvalue weighted by atomic mass is 10.1. The summed E-state index contributed by atoms with van der Waals surface area (Å²) in [5.74, 6) is -0.979. The summed E-state index contributed by atoms with van der Waals surface area (Å²) in [5, 5.41) is 5.36. The topological polar surface area (TPSA) is 70.7 Å².